The first kappa shape index (κ1) is 18.4. The van der Waals surface area contributed by atoms with Crippen LogP contribution in [0.25, 0.3) is 16.9 Å². The maximum atomic E-state index is 10.8. The van der Waals surface area contributed by atoms with Gasteiger partial charge in [-0.2, -0.15) is 0 Å². The van der Waals surface area contributed by atoms with Crippen molar-refractivity contribution in [3.8, 4) is 22.7 Å². The topological polar surface area (TPSA) is 74.1 Å². The summed E-state index contributed by atoms with van der Waals surface area (Å²) in [5.74, 6) is 0.724. The molecule has 2 heterocycles. The largest absolute Gasteiger partial charge is 0.494 e. The van der Waals surface area contributed by atoms with Crippen molar-refractivity contribution in [3.63, 3.8) is 0 Å². The van der Waals surface area contributed by atoms with Gasteiger partial charge in [0.15, 0.2) is 5.15 Å². The fourth-order valence-corrected chi connectivity index (χ4v) is 3.19. The lowest BCUT2D eigenvalue weighted by Crippen LogP contribution is -1.99. The van der Waals surface area contributed by atoms with Crippen LogP contribution in [0.1, 0.15) is 19.0 Å². The number of hydrogen-bond donors (Lipinski definition) is 1. The van der Waals surface area contributed by atoms with Gasteiger partial charge < -0.3 is 4.74 Å². The summed E-state index contributed by atoms with van der Waals surface area (Å²) in [4.78, 5) is 8.38. The molecule has 0 fully saturated rings. The van der Waals surface area contributed by atoms with E-state index in [1.807, 2.05) is 28.8 Å². The monoisotopic (exact) mass is 391 g/mol. The normalized spacial score (nSPS) is 11.0. The van der Waals surface area contributed by atoms with Gasteiger partial charge in [0.05, 0.1) is 35.6 Å². The summed E-state index contributed by atoms with van der Waals surface area (Å²) in [7, 11) is -2.50. The Kier molecular flexibility index (Phi) is 5.90. The first-order chi connectivity index (χ1) is 12.6. The number of rotatable bonds is 7. The summed E-state index contributed by atoms with van der Waals surface area (Å²) in [5, 5.41) is 0.374. The minimum absolute atomic E-state index is 0.0770. The molecule has 0 saturated heterocycles. The van der Waals surface area contributed by atoms with Gasteiger partial charge in [0.25, 0.3) is 0 Å². The summed E-state index contributed by atoms with van der Waals surface area (Å²) in [5.41, 5.74) is 2.87. The number of imidazole rings is 1. The molecule has 2 aromatic heterocycles. The van der Waals surface area contributed by atoms with Crippen LogP contribution in [0.4, 0.5) is 0 Å². The van der Waals surface area contributed by atoms with Crippen molar-refractivity contribution in [2.45, 2.75) is 19.1 Å². The van der Waals surface area contributed by atoms with Crippen LogP contribution in [0.5, 0.6) is 5.75 Å². The summed E-state index contributed by atoms with van der Waals surface area (Å²) >= 11 is 6.29. The van der Waals surface area contributed by atoms with E-state index < -0.39 is 10.7 Å². The second kappa shape index (κ2) is 8.33. The molecule has 1 aromatic carbocycles. The molecule has 0 saturated carbocycles. The second-order valence-corrected chi connectivity index (χ2v) is 6.97. The van der Waals surface area contributed by atoms with Crippen LogP contribution in [0.2, 0.25) is 5.15 Å². The summed E-state index contributed by atoms with van der Waals surface area (Å²) in [6.45, 7) is 2.73. The van der Waals surface area contributed by atoms with E-state index in [1.165, 1.54) is 0 Å². The molecule has 0 N–H and O–H groups in total. The van der Waals surface area contributed by atoms with Crippen LogP contribution >= 0.6 is 11.6 Å². The molecule has 0 spiro atoms. The highest BCUT2D eigenvalue weighted by Gasteiger charge is 2.13. The van der Waals surface area contributed by atoms with Crippen molar-refractivity contribution in [2.75, 3.05) is 6.61 Å². The number of ether oxygens (including phenoxy) is 1. The fraction of sp³-hybridized carbons (Fsp3) is 0.222. The molecule has 0 aliphatic carbocycles. The molecular weight excluding hydrogens is 374 g/mol. The lowest BCUT2D eigenvalue weighted by molar-refractivity contribution is 0.317. The van der Waals surface area contributed by atoms with Gasteiger partial charge >= 0.3 is 0 Å². The average molecular weight is 392 g/mol. The molecule has 26 heavy (non-hydrogen) atoms. The summed E-state index contributed by atoms with van der Waals surface area (Å²) < 4.78 is 29.0. The predicted molar refractivity (Wildman–Crippen MR) is 102 cm³/mol. The van der Waals surface area contributed by atoms with Crippen molar-refractivity contribution >= 4 is 22.3 Å². The third-order valence-electron chi connectivity index (χ3n) is 3.70. The Morgan fingerprint density at radius 1 is 1.12 bits per heavy atom. The van der Waals surface area contributed by atoms with Crippen molar-refractivity contribution < 1.29 is 13.2 Å². The molecule has 6 nitrogen and oxygen atoms in total. The molecule has 0 aliphatic heterocycles. The number of pyridine rings is 1. The summed E-state index contributed by atoms with van der Waals surface area (Å²) in [6, 6.07) is 11.1. The number of hydrogen-bond acceptors (Lipinski definition) is 5. The standard InChI is InChI=1S/C18H18ClN3O3S/c1-2-9-25-16-7-3-13(4-8-16)17-18(19)21-12-22(17)15-6-5-14(20-10-15)11-26(23)24/h3-8,10,12,26H,2,9,11H2,1H3. The zero-order valence-corrected chi connectivity index (χ0v) is 15.8. The van der Waals surface area contributed by atoms with Crippen LogP contribution in [-0.2, 0) is 16.5 Å². The molecule has 0 radical (unpaired) electrons. The SMILES string of the molecule is CCCOc1ccc(-c2c(Cl)ncn2-c2ccc(C[SH](=O)=O)nc2)cc1. The lowest BCUT2D eigenvalue weighted by atomic mass is 10.1. The van der Waals surface area contributed by atoms with Gasteiger partial charge in [-0.05, 0) is 42.8 Å². The lowest BCUT2D eigenvalue weighted by Gasteiger charge is -2.10. The van der Waals surface area contributed by atoms with E-state index in [1.54, 1.807) is 24.7 Å². The zero-order chi connectivity index (χ0) is 18.5. The molecule has 0 atom stereocenters. The van der Waals surface area contributed by atoms with E-state index in [0.717, 1.165) is 29.1 Å². The minimum atomic E-state index is -2.50. The van der Waals surface area contributed by atoms with E-state index in [9.17, 15) is 8.42 Å². The van der Waals surface area contributed by atoms with Crippen molar-refractivity contribution in [2.24, 2.45) is 0 Å². The third kappa shape index (κ3) is 4.23. The number of halogens is 1. The van der Waals surface area contributed by atoms with Crippen LogP contribution < -0.4 is 4.74 Å². The molecule has 0 amide bonds. The van der Waals surface area contributed by atoms with Crippen molar-refractivity contribution in [3.05, 3.63) is 59.8 Å². The van der Waals surface area contributed by atoms with Crippen LogP contribution in [0.15, 0.2) is 48.9 Å². The van der Waals surface area contributed by atoms with E-state index in [-0.39, 0.29) is 5.75 Å². The molecule has 136 valence electrons. The molecule has 0 bridgehead atoms. The number of thiol groups is 1. The van der Waals surface area contributed by atoms with E-state index in [2.05, 4.69) is 16.9 Å². The van der Waals surface area contributed by atoms with Gasteiger partial charge in [0, 0.05) is 5.56 Å². The van der Waals surface area contributed by atoms with Crippen LogP contribution in [0.3, 0.4) is 0 Å². The van der Waals surface area contributed by atoms with Crippen molar-refractivity contribution in [1.82, 2.24) is 14.5 Å². The molecule has 0 aliphatic rings. The fourth-order valence-electron chi connectivity index (χ4n) is 2.49. The minimum Gasteiger partial charge on any atom is -0.494 e. The Morgan fingerprint density at radius 3 is 2.50 bits per heavy atom. The highest BCUT2D eigenvalue weighted by atomic mass is 35.5. The maximum absolute atomic E-state index is 10.8. The first-order valence-corrected chi connectivity index (χ1v) is 9.85. The Balaban J connectivity index is 1.91. The highest BCUT2D eigenvalue weighted by Crippen LogP contribution is 2.30. The summed E-state index contributed by atoms with van der Waals surface area (Å²) in [6.07, 6.45) is 4.17. The Bertz CT molecular complexity index is 943. The number of aromatic nitrogens is 3. The first-order valence-electron chi connectivity index (χ1n) is 8.11. The molecule has 3 rings (SSSR count). The Labute approximate surface area is 158 Å². The van der Waals surface area contributed by atoms with Gasteiger partial charge in [-0.25, -0.2) is 13.4 Å². The van der Waals surface area contributed by atoms with Gasteiger partial charge in [0.1, 0.15) is 22.8 Å². The Morgan fingerprint density at radius 2 is 1.88 bits per heavy atom. The van der Waals surface area contributed by atoms with Gasteiger partial charge in [-0.1, -0.05) is 18.5 Å². The van der Waals surface area contributed by atoms with Gasteiger partial charge in [0.2, 0.25) is 0 Å². The smallest absolute Gasteiger partial charge is 0.155 e. The zero-order valence-electron chi connectivity index (χ0n) is 14.1. The number of nitrogens with zero attached hydrogens (tertiary/aromatic N) is 3. The van der Waals surface area contributed by atoms with Crippen LogP contribution in [0, 0.1) is 0 Å². The van der Waals surface area contributed by atoms with Gasteiger partial charge in [-0.15, -0.1) is 0 Å². The van der Waals surface area contributed by atoms with Gasteiger partial charge in [-0.3, -0.25) is 9.55 Å². The predicted octanol–water partition coefficient (Wildman–Crippen LogP) is 3.49. The molecule has 3 aromatic rings. The quantitative estimate of drug-likeness (QED) is 0.624. The van der Waals surface area contributed by atoms with E-state index in [0.29, 0.717) is 17.5 Å². The Hall–Kier alpha value is -2.38. The highest BCUT2D eigenvalue weighted by molar-refractivity contribution is 7.71. The molecular formula is C18H18ClN3O3S. The van der Waals surface area contributed by atoms with E-state index >= 15 is 0 Å². The number of benzene rings is 1. The molecule has 8 heteroatoms. The third-order valence-corrected chi connectivity index (χ3v) is 4.56. The maximum Gasteiger partial charge on any atom is 0.155 e. The molecule has 0 unspecified atom stereocenters. The van der Waals surface area contributed by atoms with Crippen molar-refractivity contribution in [1.29, 1.82) is 0 Å². The van der Waals surface area contributed by atoms with Crippen LogP contribution in [-0.4, -0.2) is 29.6 Å². The van der Waals surface area contributed by atoms with E-state index in [4.69, 9.17) is 16.3 Å². The second-order valence-electron chi connectivity index (χ2n) is 5.63. The average Bonchev–Trinajstić information content (AvgIpc) is 3.02.